The van der Waals surface area contributed by atoms with Crippen molar-refractivity contribution < 1.29 is 9.84 Å². The van der Waals surface area contributed by atoms with E-state index < -0.39 is 6.10 Å². The molecule has 0 aliphatic heterocycles. The van der Waals surface area contributed by atoms with Gasteiger partial charge in [0.15, 0.2) is 0 Å². The van der Waals surface area contributed by atoms with Crippen LogP contribution >= 0.6 is 50.1 Å². The van der Waals surface area contributed by atoms with Gasteiger partial charge in [-0.15, -0.1) is 0 Å². The highest BCUT2D eigenvalue weighted by molar-refractivity contribution is 14.1. The lowest BCUT2D eigenvalue weighted by atomic mass is 10.0. The number of ether oxygens (including phenoxy) is 1. The van der Waals surface area contributed by atoms with Gasteiger partial charge in [0.2, 0.25) is 0 Å². The van der Waals surface area contributed by atoms with Crippen LogP contribution in [0.1, 0.15) is 17.2 Å². The topological polar surface area (TPSA) is 29.5 Å². The molecule has 1 unspecified atom stereocenters. The lowest BCUT2D eigenvalue weighted by molar-refractivity contribution is 0.214. The standard InChI is InChI=1S/C14H11BrClIO2/c1-19-14-11(6-9(16)7-12(14)15)13(18)8-3-2-4-10(17)5-8/h2-7,13,18H,1H3. The Morgan fingerprint density at radius 2 is 2.05 bits per heavy atom. The van der Waals surface area contributed by atoms with Gasteiger partial charge in [0.1, 0.15) is 11.9 Å². The third-order valence-electron chi connectivity index (χ3n) is 2.70. The van der Waals surface area contributed by atoms with Crippen LogP contribution in [0.25, 0.3) is 0 Å². The summed E-state index contributed by atoms with van der Waals surface area (Å²) in [4.78, 5) is 0. The average Bonchev–Trinajstić information content (AvgIpc) is 2.37. The monoisotopic (exact) mass is 452 g/mol. The van der Waals surface area contributed by atoms with Crippen LogP contribution in [0.3, 0.4) is 0 Å². The van der Waals surface area contributed by atoms with Crippen molar-refractivity contribution in [2.45, 2.75) is 6.10 Å². The number of benzene rings is 2. The summed E-state index contributed by atoms with van der Waals surface area (Å²) in [5, 5.41) is 11.1. The van der Waals surface area contributed by atoms with Crippen molar-refractivity contribution in [2.24, 2.45) is 0 Å². The number of aliphatic hydroxyl groups excluding tert-OH is 1. The molecule has 0 bridgehead atoms. The summed E-state index contributed by atoms with van der Waals surface area (Å²) >= 11 is 11.6. The van der Waals surface area contributed by atoms with Gasteiger partial charge in [0.05, 0.1) is 11.6 Å². The van der Waals surface area contributed by atoms with Gasteiger partial charge >= 0.3 is 0 Å². The summed E-state index contributed by atoms with van der Waals surface area (Å²) in [5.41, 5.74) is 1.45. The van der Waals surface area contributed by atoms with Crippen LogP contribution in [0, 0.1) is 3.57 Å². The second kappa shape index (κ2) is 6.43. The average molecular weight is 454 g/mol. The second-order valence-electron chi connectivity index (χ2n) is 3.97. The molecule has 0 saturated heterocycles. The van der Waals surface area contributed by atoms with Crippen LogP contribution < -0.4 is 4.74 Å². The number of rotatable bonds is 3. The fourth-order valence-electron chi connectivity index (χ4n) is 1.85. The van der Waals surface area contributed by atoms with E-state index in [1.807, 2.05) is 24.3 Å². The molecular formula is C14H11BrClIO2. The van der Waals surface area contributed by atoms with Crippen molar-refractivity contribution >= 4 is 50.1 Å². The van der Waals surface area contributed by atoms with Crippen molar-refractivity contribution in [1.82, 2.24) is 0 Å². The van der Waals surface area contributed by atoms with Crippen LogP contribution in [-0.4, -0.2) is 12.2 Å². The summed E-state index contributed by atoms with van der Waals surface area (Å²) < 4.78 is 7.12. The number of aliphatic hydroxyl groups is 1. The van der Waals surface area contributed by atoms with Gasteiger partial charge in [-0.3, -0.25) is 0 Å². The molecule has 0 radical (unpaired) electrons. The number of methoxy groups -OCH3 is 1. The number of hydrogen-bond donors (Lipinski definition) is 1. The quantitative estimate of drug-likeness (QED) is 0.677. The molecular weight excluding hydrogens is 442 g/mol. The summed E-state index contributed by atoms with van der Waals surface area (Å²) in [5.74, 6) is 0.593. The molecule has 19 heavy (non-hydrogen) atoms. The molecule has 0 fully saturated rings. The Morgan fingerprint density at radius 3 is 2.68 bits per heavy atom. The van der Waals surface area contributed by atoms with Gasteiger partial charge in [-0.25, -0.2) is 0 Å². The zero-order chi connectivity index (χ0) is 14.0. The second-order valence-corrected chi connectivity index (χ2v) is 6.50. The third kappa shape index (κ3) is 3.42. The Hall–Kier alpha value is -0.300. The highest BCUT2D eigenvalue weighted by atomic mass is 127. The van der Waals surface area contributed by atoms with Gasteiger partial charge in [-0.05, 0) is 68.3 Å². The van der Waals surface area contributed by atoms with Crippen LogP contribution in [0.15, 0.2) is 40.9 Å². The van der Waals surface area contributed by atoms with Gasteiger partial charge in [-0.2, -0.15) is 0 Å². The fourth-order valence-corrected chi connectivity index (χ4v) is 3.42. The van der Waals surface area contributed by atoms with Gasteiger partial charge in [-0.1, -0.05) is 23.7 Å². The molecule has 0 aliphatic carbocycles. The first-order valence-electron chi connectivity index (χ1n) is 5.49. The Kier molecular flexibility index (Phi) is 5.11. The molecule has 0 aromatic heterocycles. The van der Waals surface area contributed by atoms with Crippen LogP contribution in [0.2, 0.25) is 5.02 Å². The SMILES string of the molecule is COc1c(Br)cc(Cl)cc1C(O)c1cccc(I)c1. The molecule has 0 heterocycles. The Bertz CT molecular complexity index is 604. The maximum atomic E-state index is 10.5. The Morgan fingerprint density at radius 1 is 1.32 bits per heavy atom. The van der Waals surface area contributed by atoms with Crippen molar-refractivity contribution in [3.63, 3.8) is 0 Å². The molecule has 2 nitrogen and oxygen atoms in total. The molecule has 5 heteroatoms. The minimum Gasteiger partial charge on any atom is -0.495 e. The molecule has 100 valence electrons. The number of hydrogen-bond acceptors (Lipinski definition) is 2. The summed E-state index contributed by atoms with van der Waals surface area (Å²) in [6, 6.07) is 11.1. The fraction of sp³-hybridized carbons (Fsp3) is 0.143. The maximum Gasteiger partial charge on any atom is 0.139 e. The molecule has 1 N–H and O–H groups in total. The highest BCUT2D eigenvalue weighted by Crippen LogP contribution is 2.38. The minimum absolute atomic E-state index is 0.548. The third-order valence-corrected chi connectivity index (χ3v) is 4.18. The van der Waals surface area contributed by atoms with Gasteiger partial charge in [0, 0.05) is 14.2 Å². The Labute approximate surface area is 139 Å². The molecule has 2 aromatic rings. The maximum absolute atomic E-state index is 10.5. The highest BCUT2D eigenvalue weighted by Gasteiger charge is 2.18. The first-order valence-corrected chi connectivity index (χ1v) is 7.74. The van der Waals surface area contributed by atoms with E-state index in [0.717, 1.165) is 13.6 Å². The molecule has 1 atom stereocenters. The molecule has 2 aromatic carbocycles. The van der Waals surface area contributed by atoms with Crippen LogP contribution in [-0.2, 0) is 0 Å². The van der Waals surface area contributed by atoms with Crippen molar-refractivity contribution in [3.8, 4) is 5.75 Å². The molecule has 0 spiro atoms. The predicted molar refractivity (Wildman–Crippen MR) is 88.9 cm³/mol. The van der Waals surface area contributed by atoms with E-state index in [9.17, 15) is 5.11 Å². The molecule has 0 saturated carbocycles. The molecule has 2 rings (SSSR count). The smallest absolute Gasteiger partial charge is 0.139 e. The first-order chi connectivity index (χ1) is 9.02. The van der Waals surface area contributed by atoms with E-state index in [-0.39, 0.29) is 0 Å². The van der Waals surface area contributed by atoms with E-state index in [1.165, 1.54) is 0 Å². The normalized spacial score (nSPS) is 12.3. The van der Waals surface area contributed by atoms with Crippen molar-refractivity contribution in [2.75, 3.05) is 7.11 Å². The van der Waals surface area contributed by atoms with Gasteiger partial charge in [0.25, 0.3) is 0 Å². The predicted octanol–water partition coefficient (Wildman–Crippen LogP) is 4.80. The summed E-state index contributed by atoms with van der Waals surface area (Å²) in [6.45, 7) is 0. The van der Waals surface area contributed by atoms with Crippen LogP contribution in [0.4, 0.5) is 0 Å². The van der Waals surface area contributed by atoms with E-state index in [0.29, 0.717) is 16.3 Å². The largest absolute Gasteiger partial charge is 0.495 e. The summed E-state index contributed by atoms with van der Waals surface area (Å²) in [7, 11) is 1.57. The zero-order valence-corrected chi connectivity index (χ0v) is 14.5. The van der Waals surface area contributed by atoms with Crippen LogP contribution in [0.5, 0.6) is 5.75 Å². The van der Waals surface area contributed by atoms with E-state index in [4.69, 9.17) is 16.3 Å². The van der Waals surface area contributed by atoms with E-state index in [2.05, 4.69) is 38.5 Å². The van der Waals surface area contributed by atoms with E-state index in [1.54, 1.807) is 19.2 Å². The van der Waals surface area contributed by atoms with Crippen molar-refractivity contribution in [1.29, 1.82) is 0 Å². The molecule has 0 aliphatic rings. The van der Waals surface area contributed by atoms with Crippen molar-refractivity contribution in [3.05, 3.63) is 60.6 Å². The summed E-state index contributed by atoms with van der Waals surface area (Å²) in [6.07, 6.45) is -0.778. The molecule has 0 amide bonds. The first kappa shape index (κ1) is 15.1. The van der Waals surface area contributed by atoms with E-state index >= 15 is 0 Å². The lowest BCUT2D eigenvalue weighted by Gasteiger charge is -2.17. The lowest BCUT2D eigenvalue weighted by Crippen LogP contribution is -2.03. The van der Waals surface area contributed by atoms with Gasteiger partial charge < -0.3 is 9.84 Å². The zero-order valence-electron chi connectivity index (χ0n) is 10.0. The minimum atomic E-state index is -0.778. The number of halogens is 3. The Balaban J connectivity index is 2.52.